The number of ether oxygens (including phenoxy) is 1. The van der Waals surface area contributed by atoms with Crippen molar-refractivity contribution in [2.45, 2.75) is 19.4 Å². The van der Waals surface area contributed by atoms with E-state index in [9.17, 15) is 4.79 Å². The molecule has 0 radical (unpaired) electrons. The van der Waals surface area contributed by atoms with E-state index in [-0.39, 0.29) is 5.91 Å². The number of carbonyl (C=O) groups excluding carboxylic acids is 1. The van der Waals surface area contributed by atoms with Gasteiger partial charge in [0.05, 0.1) is 18.1 Å². The Morgan fingerprint density at radius 1 is 1.08 bits per heavy atom. The summed E-state index contributed by atoms with van der Waals surface area (Å²) in [5.41, 5.74) is 6.69. The molecule has 0 atom stereocenters. The van der Waals surface area contributed by atoms with Crippen molar-refractivity contribution in [1.29, 1.82) is 0 Å². The van der Waals surface area contributed by atoms with E-state index in [4.69, 9.17) is 22.1 Å². The van der Waals surface area contributed by atoms with Gasteiger partial charge in [-0.2, -0.15) is 0 Å². The summed E-state index contributed by atoms with van der Waals surface area (Å²) in [6, 6.07) is 17.2. The number of halogens is 1. The lowest BCUT2D eigenvalue weighted by Gasteiger charge is -2.23. The zero-order chi connectivity index (χ0) is 17.2. The molecule has 0 aliphatic heterocycles. The SMILES string of the molecule is NCCCN(Cc1ccccc1)C(=O)CCOc1ccccc1Cl. The van der Waals surface area contributed by atoms with Gasteiger partial charge in [0.15, 0.2) is 0 Å². The van der Waals surface area contributed by atoms with E-state index in [0.29, 0.717) is 43.4 Å². The maximum absolute atomic E-state index is 12.5. The van der Waals surface area contributed by atoms with Gasteiger partial charge < -0.3 is 15.4 Å². The van der Waals surface area contributed by atoms with Crippen LogP contribution in [0.3, 0.4) is 0 Å². The molecule has 0 aromatic heterocycles. The molecule has 0 bridgehead atoms. The van der Waals surface area contributed by atoms with Crippen LogP contribution in [0, 0.1) is 0 Å². The van der Waals surface area contributed by atoms with E-state index >= 15 is 0 Å². The first-order valence-electron chi connectivity index (χ1n) is 8.10. The molecule has 5 heteroatoms. The summed E-state index contributed by atoms with van der Waals surface area (Å²) in [5.74, 6) is 0.655. The van der Waals surface area contributed by atoms with Crippen LogP contribution in [0.4, 0.5) is 0 Å². The van der Waals surface area contributed by atoms with Crippen LogP contribution in [-0.2, 0) is 11.3 Å². The molecule has 0 heterocycles. The van der Waals surface area contributed by atoms with E-state index < -0.39 is 0 Å². The molecule has 4 nitrogen and oxygen atoms in total. The minimum absolute atomic E-state index is 0.0550. The van der Waals surface area contributed by atoms with E-state index in [1.807, 2.05) is 47.4 Å². The number of hydrogen-bond acceptors (Lipinski definition) is 3. The molecular formula is C19H23ClN2O2. The Hall–Kier alpha value is -2.04. The highest BCUT2D eigenvalue weighted by molar-refractivity contribution is 6.32. The molecule has 2 aromatic rings. The number of hydrogen-bond donors (Lipinski definition) is 1. The number of para-hydroxylation sites is 1. The molecule has 0 unspecified atom stereocenters. The van der Waals surface area contributed by atoms with Crippen LogP contribution in [0.15, 0.2) is 54.6 Å². The van der Waals surface area contributed by atoms with Crippen LogP contribution in [0.25, 0.3) is 0 Å². The number of rotatable bonds is 9. The van der Waals surface area contributed by atoms with Crippen molar-refractivity contribution >= 4 is 17.5 Å². The van der Waals surface area contributed by atoms with E-state index in [1.165, 1.54) is 0 Å². The summed E-state index contributed by atoms with van der Waals surface area (Å²) in [6.07, 6.45) is 1.09. The summed E-state index contributed by atoms with van der Waals surface area (Å²) >= 11 is 6.04. The van der Waals surface area contributed by atoms with Gasteiger partial charge in [0.1, 0.15) is 5.75 Å². The van der Waals surface area contributed by atoms with Gasteiger partial charge >= 0.3 is 0 Å². The zero-order valence-electron chi connectivity index (χ0n) is 13.7. The number of nitrogens with zero attached hydrogens (tertiary/aromatic N) is 1. The van der Waals surface area contributed by atoms with Crippen molar-refractivity contribution in [2.24, 2.45) is 5.73 Å². The minimum atomic E-state index is 0.0550. The topological polar surface area (TPSA) is 55.6 Å². The van der Waals surface area contributed by atoms with Crippen LogP contribution in [0.5, 0.6) is 5.75 Å². The Balaban J connectivity index is 1.88. The van der Waals surface area contributed by atoms with Crippen molar-refractivity contribution in [2.75, 3.05) is 19.7 Å². The van der Waals surface area contributed by atoms with Crippen LogP contribution < -0.4 is 10.5 Å². The predicted octanol–water partition coefficient (Wildman–Crippen LogP) is 3.49. The van der Waals surface area contributed by atoms with Crippen molar-refractivity contribution in [3.63, 3.8) is 0 Å². The van der Waals surface area contributed by atoms with Crippen LogP contribution in [0.1, 0.15) is 18.4 Å². The third-order valence-electron chi connectivity index (χ3n) is 3.61. The Morgan fingerprint density at radius 3 is 2.50 bits per heavy atom. The van der Waals surface area contributed by atoms with E-state index in [2.05, 4.69) is 0 Å². The van der Waals surface area contributed by atoms with Crippen LogP contribution in [-0.4, -0.2) is 30.5 Å². The Kier molecular flexibility index (Phi) is 7.59. The van der Waals surface area contributed by atoms with Crippen molar-refractivity contribution in [3.8, 4) is 5.75 Å². The second kappa shape index (κ2) is 9.96. The molecule has 2 N–H and O–H groups in total. The Morgan fingerprint density at radius 2 is 1.79 bits per heavy atom. The molecule has 0 spiro atoms. The summed E-state index contributed by atoms with van der Waals surface area (Å²) in [6.45, 7) is 2.10. The Labute approximate surface area is 148 Å². The monoisotopic (exact) mass is 346 g/mol. The van der Waals surface area contributed by atoms with Crippen LogP contribution in [0.2, 0.25) is 5.02 Å². The molecule has 1 amide bonds. The Bertz CT molecular complexity index is 634. The fraction of sp³-hybridized carbons (Fsp3) is 0.316. The van der Waals surface area contributed by atoms with Gasteiger partial charge in [-0.1, -0.05) is 54.1 Å². The summed E-state index contributed by atoms with van der Waals surface area (Å²) in [7, 11) is 0. The highest BCUT2D eigenvalue weighted by atomic mass is 35.5. The lowest BCUT2D eigenvalue weighted by molar-refractivity contribution is -0.132. The number of carbonyl (C=O) groups is 1. The molecule has 0 fully saturated rings. The predicted molar refractivity (Wildman–Crippen MR) is 97.1 cm³/mol. The lowest BCUT2D eigenvalue weighted by atomic mass is 10.2. The molecule has 128 valence electrons. The second-order valence-corrected chi connectivity index (χ2v) is 5.88. The summed E-state index contributed by atoms with van der Waals surface area (Å²) in [4.78, 5) is 14.3. The molecular weight excluding hydrogens is 324 g/mol. The fourth-order valence-electron chi connectivity index (χ4n) is 2.35. The van der Waals surface area contributed by atoms with Gasteiger partial charge in [0, 0.05) is 13.1 Å². The average Bonchev–Trinajstić information content (AvgIpc) is 2.61. The van der Waals surface area contributed by atoms with E-state index in [1.54, 1.807) is 12.1 Å². The van der Waals surface area contributed by atoms with Gasteiger partial charge in [-0.05, 0) is 30.7 Å². The van der Waals surface area contributed by atoms with Gasteiger partial charge in [-0.25, -0.2) is 0 Å². The molecule has 0 saturated carbocycles. The summed E-state index contributed by atoms with van der Waals surface area (Å²) in [5, 5.41) is 0.550. The van der Waals surface area contributed by atoms with Gasteiger partial charge in [0.25, 0.3) is 0 Å². The second-order valence-electron chi connectivity index (χ2n) is 5.47. The molecule has 0 aliphatic carbocycles. The maximum atomic E-state index is 12.5. The molecule has 0 aliphatic rings. The quantitative estimate of drug-likeness (QED) is 0.756. The van der Waals surface area contributed by atoms with E-state index in [0.717, 1.165) is 12.0 Å². The van der Waals surface area contributed by atoms with Crippen molar-refractivity contribution in [3.05, 3.63) is 65.2 Å². The fourth-order valence-corrected chi connectivity index (χ4v) is 2.54. The number of benzene rings is 2. The zero-order valence-corrected chi connectivity index (χ0v) is 14.4. The minimum Gasteiger partial charge on any atom is -0.491 e. The number of amides is 1. The molecule has 0 saturated heterocycles. The standard InChI is InChI=1S/C19H23ClN2O2/c20-17-9-4-5-10-18(17)24-14-11-19(23)22(13-6-12-21)15-16-7-2-1-3-8-16/h1-5,7-10H,6,11-15,21H2. The molecule has 2 aromatic carbocycles. The first kappa shape index (κ1) is 18.3. The average molecular weight is 347 g/mol. The van der Waals surface area contributed by atoms with Gasteiger partial charge in [0.2, 0.25) is 5.91 Å². The molecule has 2 rings (SSSR count). The van der Waals surface area contributed by atoms with Gasteiger partial charge in [-0.15, -0.1) is 0 Å². The van der Waals surface area contributed by atoms with Crippen molar-refractivity contribution < 1.29 is 9.53 Å². The highest BCUT2D eigenvalue weighted by Crippen LogP contribution is 2.23. The molecule has 24 heavy (non-hydrogen) atoms. The van der Waals surface area contributed by atoms with Crippen LogP contribution >= 0.6 is 11.6 Å². The highest BCUT2D eigenvalue weighted by Gasteiger charge is 2.14. The largest absolute Gasteiger partial charge is 0.491 e. The third-order valence-corrected chi connectivity index (χ3v) is 3.92. The maximum Gasteiger partial charge on any atom is 0.226 e. The lowest BCUT2D eigenvalue weighted by Crippen LogP contribution is -2.33. The number of nitrogens with two attached hydrogens (primary N) is 1. The van der Waals surface area contributed by atoms with Crippen molar-refractivity contribution in [1.82, 2.24) is 4.90 Å². The normalized spacial score (nSPS) is 10.4. The first-order valence-corrected chi connectivity index (χ1v) is 8.47. The third kappa shape index (κ3) is 5.87. The smallest absolute Gasteiger partial charge is 0.226 e. The first-order chi connectivity index (χ1) is 11.7. The van der Waals surface area contributed by atoms with Gasteiger partial charge in [-0.3, -0.25) is 4.79 Å². The summed E-state index contributed by atoms with van der Waals surface area (Å²) < 4.78 is 5.61.